The van der Waals surface area contributed by atoms with Crippen LogP contribution in [0.4, 0.5) is 11.4 Å². The summed E-state index contributed by atoms with van der Waals surface area (Å²) in [5.41, 5.74) is 1.55. The van der Waals surface area contributed by atoms with Crippen molar-refractivity contribution in [1.82, 2.24) is 9.21 Å². The van der Waals surface area contributed by atoms with Crippen LogP contribution in [0.15, 0.2) is 41.3 Å². The van der Waals surface area contributed by atoms with Crippen molar-refractivity contribution in [1.29, 1.82) is 0 Å². The molecule has 172 valence electrons. The summed E-state index contributed by atoms with van der Waals surface area (Å²) >= 11 is 6.06. The van der Waals surface area contributed by atoms with Crippen molar-refractivity contribution in [2.45, 2.75) is 31.7 Å². The highest BCUT2D eigenvalue weighted by molar-refractivity contribution is 7.89. The standard InChI is InChI=1S/C21H25ClN4O5S/c1-14-4-5-15(2)20(12-14)32(30,31)25-10-8-24(9-11-25)16(3)21(27)23-19-13-17(26(28)29)6-7-18(19)22/h4-7,12-13,16H,8-11H2,1-3H3,(H,23,27)/t16-/m0/s1. The number of hydrogen-bond donors (Lipinski definition) is 1. The van der Waals surface area contributed by atoms with Crippen molar-refractivity contribution < 1.29 is 18.1 Å². The van der Waals surface area contributed by atoms with Gasteiger partial charge in [0.2, 0.25) is 15.9 Å². The average molecular weight is 481 g/mol. The van der Waals surface area contributed by atoms with Gasteiger partial charge in [-0.1, -0.05) is 23.7 Å². The van der Waals surface area contributed by atoms with Crippen LogP contribution < -0.4 is 5.32 Å². The van der Waals surface area contributed by atoms with Gasteiger partial charge >= 0.3 is 0 Å². The second kappa shape index (κ2) is 9.53. The Morgan fingerprint density at radius 3 is 2.41 bits per heavy atom. The molecule has 1 aliphatic heterocycles. The fourth-order valence-corrected chi connectivity index (χ4v) is 5.48. The normalized spacial score (nSPS) is 16.5. The zero-order chi connectivity index (χ0) is 23.6. The van der Waals surface area contributed by atoms with Crippen LogP contribution in [-0.4, -0.2) is 60.7 Å². The minimum Gasteiger partial charge on any atom is -0.323 e. The number of piperazine rings is 1. The van der Waals surface area contributed by atoms with Crippen molar-refractivity contribution in [2.24, 2.45) is 0 Å². The Labute approximate surface area is 192 Å². The molecular formula is C21H25ClN4O5S. The molecule has 0 aliphatic carbocycles. The lowest BCUT2D eigenvalue weighted by atomic mass is 10.2. The van der Waals surface area contributed by atoms with Crippen molar-refractivity contribution in [3.8, 4) is 0 Å². The van der Waals surface area contributed by atoms with E-state index in [0.717, 1.165) is 5.56 Å². The minimum absolute atomic E-state index is 0.161. The molecule has 0 radical (unpaired) electrons. The van der Waals surface area contributed by atoms with E-state index in [1.54, 1.807) is 26.0 Å². The number of aryl methyl sites for hydroxylation is 2. The molecule has 0 saturated carbocycles. The van der Waals surface area contributed by atoms with Gasteiger partial charge in [-0.25, -0.2) is 8.42 Å². The number of nitro groups is 1. The Kier molecular flexibility index (Phi) is 7.19. The van der Waals surface area contributed by atoms with Crippen LogP contribution in [0.2, 0.25) is 5.02 Å². The van der Waals surface area contributed by atoms with Crippen molar-refractivity contribution in [3.05, 3.63) is 62.7 Å². The number of anilines is 1. The van der Waals surface area contributed by atoms with E-state index in [1.165, 1.54) is 22.5 Å². The Bertz CT molecular complexity index is 1150. The largest absolute Gasteiger partial charge is 0.323 e. The van der Waals surface area contributed by atoms with Crippen LogP contribution >= 0.6 is 11.6 Å². The first-order valence-electron chi connectivity index (χ1n) is 10.1. The Balaban J connectivity index is 1.66. The van der Waals surface area contributed by atoms with E-state index in [0.29, 0.717) is 23.5 Å². The molecule has 0 unspecified atom stereocenters. The lowest BCUT2D eigenvalue weighted by molar-refractivity contribution is -0.384. The highest BCUT2D eigenvalue weighted by Crippen LogP contribution is 2.27. The first-order valence-corrected chi connectivity index (χ1v) is 11.9. The molecule has 0 spiro atoms. The van der Waals surface area contributed by atoms with E-state index in [-0.39, 0.29) is 35.4 Å². The summed E-state index contributed by atoms with van der Waals surface area (Å²) in [4.78, 5) is 25.3. The Morgan fingerprint density at radius 2 is 1.78 bits per heavy atom. The van der Waals surface area contributed by atoms with Gasteiger partial charge in [0.1, 0.15) is 0 Å². The molecule has 1 N–H and O–H groups in total. The number of nitro benzene ring substituents is 1. The number of nitrogens with zero attached hydrogens (tertiary/aromatic N) is 3. The van der Waals surface area contributed by atoms with Crippen LogP contribution in [0.25, 0.3) is 0 Å². The number of rotatable bonds is 6. The van der Waals surface area contributed by atoms with Gasteiger partial charge in [0.25, 0.3) is 5.69 Å². The quantitative estimate of drug-likeness (QED) is 0.501. The maximum absolute atomic E-state index is 13.1. The molecule has 3 rings (SSSR count). The molecule has 1 amide bonds. The third-order valence-corrected chi connectivity index (χ3v) is 7.95. The van der Waals surface area contributed by atoms with Crippen LogP contribution in [0, 0.1) is 24.0 Å². The molecule has 0 aromatic heterocycles. The molecule has 2 aromatic carbocycles. The molecule has 1 fully saturated rings. The SMILES string of the molecule is Cc1ccc(C)c(S(=O)(=O)N2CCN([C@@H](C)C(=O)Nc3cc([N+](=O)[O-])ccc3Cl)CC2)c1. The monoisotopic (exact) mass is 480 g/mol. The van der Waals surface area contributed by atoms with Crippen LogP contribution in [0.1, 0.15) is 18.1 Å². The van der Waals surface area contributed by atoms with Gasteiger partial charge in [0.15, 0.2) is 0 Å². The Morgan fingerprint density at radius 1 is 1.12 bits per heavy atom. The lowest BCUT2D eigenvalue weighted by Crippen LogP contribution is -2.54. The second-order valence-electron chi connectivity index (χ2n) is 7.80. The third kappa shape index (κ3) is 5.09. The highest BCUT2D eigenvalue weighted by Gasteiger charge is 2.32. The minimum atomic E-state index is -3.63. The van der Waals surface area contributed by atoms with Crippen molar-refractivity contribution in [3.63, 3.8) is 0 Å². The number of hydrogen-bond acceptors (Lipinski definition) is 6. The predicted octanol–water partition coefficient (Wildman–Crippen LogP) is 3.20. The zero-order valence-corrected chi connectivity index (χ0v) is 19.6. The first kappa shape index (κ1) is 24.1. The molecule has 2 aromatic rings. The molecule has 1 atom stereocenters. The van der Waals surface area contributed by atoms with E-state index >= 15 is 0 Å². The lowest BCUT2D eigenvalue weighted by Gasteiger charge is -2.37. The summed E-state index contributed by atoms with van der Waals surface area (Å²) in [6.45, 7) is 6.59. The average Bonchev–Trinajstić information content (AvgIpc) is 2.76. The van der Waals surface area contributed by atoms with Gasteiger partial charge in [0.05, 0.1) is 26.6 Å². The van der Waals surface area contributed by atoms with Crippen LogP contribution in [0.3, 0.4) is 0 Å². The van der Waals surface area contributed by atoms with Gasteiger partial charge in [0, 0.05) is 38.3 Å². The summed E-state index contributed by atoms with van der Waals surface area (Å²) < 4.78 is 27.6. The molecule has 0 bridgehead atoms. The molecule has 9 nitrogen and oxygen atoms in total. The number of sulfonamides is 1. The first-order chi connectivity index (χ1) is 15.0. The summed E-state index contributed by atoms with van der Waals surface area (Å²) in [6.07, 6.45) is 0. The number of non-ortho nitro benzene ring substituents is 1. The number of carbonyl (C=O) groups is 1. The molecular weight excluding hydrogens is 456 g/mol. The second-order valence-corrected chi connectivity index (χ2v) is 10.1. The van der Waals surface area contributed by atoms with E-state index in [9.17, 15) is 23.3 Å². The summed E-state index contributed by atoms with van der Waals surface area (Å²) in [6, 6.07) is 8.60. The maximum Gasteiger partial charge on any atom is 0.271 e. The number of carbonyl (C=O) groups excluding carboxylic acids is 1. The number of nitrogens with one attached hydrogen (secondary N) is 1. The molecule has 1 heterocycles. The van der Waals surface area contributed by atoms with Gasteiger partial charge < -0.3 is 5.32 Å². The fourth-order valence-electron chi connectivity index (χ4n) is 3.58. The van der Waals surface area contributed by atoms with Crippen molar-refractivity contribution in [2.75, 3.05) is 31.5 Å². The number of halogens is 1. The van der Waals surface area contributed by atoms with Gasteiger partial charge in [-0.05, 0) is 44.0 Å². The number of benzene rings is 2. The highest BCUT2D eigenvalue weighted by atomic mass is 35.5. The van der Waals surface area contributed by atoms with E-state index in [4.69, 9.17) is 11.6 Å². The molecule has 1 saturated heterocycles. The van der Waals surface area contributed by atoms with E-state index in [1.807, 2.05) is 17.9 Å². The molecule has 32 heavy (non-hydrogen) atoms. The summed E-state index contributed by atoms with van der Waals surface area (Å²) in [5.74, 6) is -0.377. The van der Waals surface area contributed by atoms with E-state index < -0.39 is 21.0 Å². The zero-order valence-electron chi connectivity index (χ0n) is 18.0. The summed E-state index contributed by atoms with van der Waals surface area (Å²) in [7, 11) is -3.63. The number of amides is 1. The van der Waals surface area contributed by atoms with Crippen LogP contribution in [0.5, 0.6) is 0 Å². The van der Waals surface area contributed by atoms with Gasteiger partial charge in [-0.2, -0.15) is 4.31 Å². The van der Waals surface area contributed by atoms with Gasteiger partial charge in [-0.3, -0.25) is 19.8 Å². The fraction of sp³-hybridized carbons (Fsp3) is 0.381. The van der Waals surface area contributed by atoms with E-state index in [2.05, 4.69) is 5.32 Å². The Hall–Kier alpha value is -2.53. The molecule has 11 heteroatoms. The third-order valence-electron chi connectivity index (χ3n) is 5.58. The van der Waals surface area contributed by atoms with Crippen LogP contribution in [-0.2, 0) is 14.8 Å². The topological polar surface area (TPSA) is 113 Å². The van der Waals surface area contributed by atoms with Crippen molar-refractivity contribution >= 4 is 38.9 Å². The summed E-state index contributed by atoms with van der Waals surface area (Å²) in [5, 5.41) is 13.8. The predicted molar refractivity (Wildman–Crippen MR) is 122 cm³/mol. The molecule has 1 aliphatic rings. The van der Waals surface area contributed by atoms with Gasteiger partial charge in [-0.15, -0.1) is 0 Å². The smallest absolute Gasteiger partial charge is 0.271 e. The maximum atomic E-state index is 13.1.